The summed E-state index contributed by atoms with van der Waals surface area (Å²) < 4.78 is 5.79. The Morgan fingerprint density at radius 3 is 1.30 bits per heavy atom. The molecule has 0 spiro atoms. The van der Waals surface area contributed by atoms with Crippen LogP contribution in [0.4, 0.5) is 0 Å². The number of hydrogen-bond acceptors (Lipinski definition) is 1. The van der Waals surface area contributed by atoms with Gasteiger partial charge in [-0.25, -0.2) is 0 Å². The lowest BCUT2D eigenvalue weighted by Gasteiger charge is -2.29. The molecule has 0 aliphatic carbocycles. The van der Waals surface area contributed by atoms with Crippen LogP contribution in [0.5, 0.6) is 0 Å². The zero-order chi connectivity index (χ0) is 20.7. The highest BCUT2D eigenvalue weighted by molar-refractivity contribution is 7.87. The average Bonchev–Trinajstić information content (AvgIpc) is 2.84. The van der Waals surface area contributed by atoms with Gasteiger partial charge in [0.25, 0.3) is 0 Å². The summed E-state index contributed by atoms with van der Waals surface area (Å²) in [5.74, 6) is 0. The molecule has 0 bridgehead atoms. The van der Waals surface area contributed by atoms with E-state index in [0.29, 0.717) is 0 Å². The molecular weight excluding hydrogens is 381 g/mol. The van der Waals surface area contributed by atoms with Gasteiger partial charge in [0.1, 0.15) is 0 Å². The van der Waals surface area contributed by atoms with Crippen molar-refractivity contribution in [2.45, 2.75) is 25.8 Å². The molecule has 0 aliphatic rings. The van der Waals surface area contributed by atoms with E-state index in [1.807, 2.05) is 0 Å². The molecule has 0 amide bonds. The molecular formula is C28H28NP. The molecule has 0 saturated carbocycles. The van der Waals surface area contributed by atoms with E-state index in [4.69, 9.17) is 4.74 Å². The zero-order valence-electron chi connectivity index (χ0n) is 17.4. The molecule has 0 radical (unpaired) electrons. The van der Waals surface area contributed by atoms with Gasteiger partial charge in [-0.1, -0.05) is 135 Å². The van der Waals surface area contributed by atoms with E-state index in [1.54, 1.807) is 0 Å². The summed E-state index contributed by atoms with van der Waals surface area (Å²) in [6.07, 6.45) is 2.14. The van der Waals surface area contributed by atoms with Crippen molar-refractivity contribution in [2.24, 2.45) is 4.74 Å². The van der Waals surface area contributed by atoms with Crippen LogP contribution in [-0.2, 0) is 0 Å². The van der Waals surface area contributed by atoms with Crippen LogP contribution >= 0.6 is 7.05 Å². The third kappa shape index (κ3) is 4.18. The topological polar surface area (TPSA) is 12.4 Å². The quantitative estimate of drug-likeness (QED) is 0.301. The Hall–Kier alpha value is -2.89. The van der Waals surface area contributed by atoms with Gasteiger partial charge < -0.3 is 0 Å². The zero-order valence-corrected chi connectivity index (χ0v) is 18.3. The van der Waals surface area contributed by atoms with Crippen LogP contribution in [0.3, 0.4) is 0 Å². The summed E-state index contributed by atoms with van der Waals surface area (Å²) in [7, 11) is -2.18. The van der Waals surface area contributed by atoms with Crippen LogP contribution in [0.25, 0.3) is 0 Å². The van der Waals surface area contributed by atoms with Crippen LogP contribution in [-0.4, -0.2) is 0 Å². The van der Waals surface area contributed by atoms with Gasteiger partial charge in [-0.2, -0.15) is 0 Å². The Kier molecular flexibility index (Phi) is 6.62. The smallest absolute Gasteiger partial charge is 0.0745 e. The minimum Gasteiger partial charge on any atom is -0.282 e. The summed E-state index contributed by atoms with van der Waals surface area (Å²) in [5, 5.41) is 3.92. The predicted octanol–water partition coefficient (Wildman–Crippen LogP) is 6.71. The Bertz CT molecular complexity index is 987. The van der Waals surface area contributed by atoms with E-state index in [1.165, 1.54) is 21.5 Å². The number of nitrogens with zero attached hydrogens (tertiary/aromatic N) is 1. The second-order valence-corrected chi connectivity index (χ2v) is 10.5. The fourth-order valence-electron chi connectivity index (χ4n) is 4.03. The second kappa shape index (κ2) is 9.74. The van der Waals surface area contributed by atoms with E-state index in [2.05, 4.69) is 128 Å². The molecule has 0 aromatic heterocycles. The normalized spacial score (nSPS) is 12.3. The van der Waals surface area contributed by atoms with Crippen molar-refractivity contribution in [3.05, 3.63) is 127 Å². The minimum absolute atomic E-state index is 0.158. The largest absolute Gasteiger partial charge is 0.282 e. The van der Waals surface area contributed by atoms with E-state index in [0.717, 1.165) is 12.8 Å². The molecule has 0 saturated heterocycles. The molecule has 1 nitrogen and oxygen atoms in total. The monoisotopic (exact) mass is 409 g/mol. The Morgan fingerprint density at radius 1 is 0.567 bits per heavy atom. The fraction of sp³-hybridized carbons (Fsp3) is 0.143. The van der Waals surface area contributed by atoms with Gasteiger partial charge in [-0.15, -0.1) is 0 Å². The first kappa shape index (κ1) is 20.4. The van der Waals surface area contributed by atoms with Crippen molar-refractivity contribution >= 4 is 23.0 Å². The molecule has 0 heterocycles. The fourth-order valence-corrected chi connectivity index (χ4v) is 7.80. The van der Waals surface area contributed by atoms with E-state index >= 15 is 0 Å². The Morgan fingerprint density at radius 2 is 0.933 bits per heavy atom. The molecule has 4 aromatic rings. The lowest BCUT2D eigenvalue weighted by Crippen LogP contribution is -2.26. The molecule has 0 aliphatic heterocycles. The molecule has 4 aromatic carbocycles. The summed E-state index contributed by atoms with van der Waals surface area (Å²) in [4.78, 5) is 0. The standard InChI is InChI=1S/C28H28NP/c1-2-15-28(24-16-7-3-8-17-24)29-30(25-18-9-4-10-19-25,26-20-11-5-12-21-26)27-22-13-6-14-23-27/h3-14,16-23,28H,2,15H2,1H3. The van der Waals surface area contributed by atoms with Crippen LogP contribution in [0.2, 0.25) is 0 Å². The SMILES string of the molecule is CCCC(N=P(c1ccccc1)(c1ccccc1)c1ccccc1)c1ccccc1. The van der Waals surface area contributed by atoms with Gasteiger partial charge in [0, 0.05) is 15.9 Å². The molecule has 2 heteroatoms. The lowest BCUT2D eigenvalue weighted by atomic mass is 10.0. The molecule has 1 unspecified atom stereocenters. The highest BCUT2D eigenvalue weighted by Crippen LogP contribution is 2.49. The van der Waals surface area contributed by atoms with Gasteiger partial charge in [-0.05, 0) is 12.0 Å². The first-order valence-electron chi connectivity index (χ1n) is 10.7. The third-order valence-corrected chi connectivity index (χ3v) is 9.21. The molecule has 150 valence electrons. The van der Waals surface area contributed by atoms with Crippen molar-refractivity contribution < 1.29 is 0 Å². The van der Waals surface area contributed by atoms with Crippen LogP contribution in [0.1, 0.15) is 31.4 Å². The molecule has 4 rings (SSSR count). The maximum absolute atomic E-state index is 5.79. The van der Waals surface area contributed by atoms with Gasteiger partial charge in [-0.3, -0.25) is 4.74 Å². The van der Waals surface area contributed by atoms with Gasteiger partial charge in [0.05, 0.1) is 13.1 Å². The summed E-state index contributed by atoms with van der Waals surface area (Å²) in [5.41, 5.74) is 1.30. The molecule has 0 fully saturated rings. The van der Waals surface area contributed by atoms with Crippen LogP contribution in [0, 0.1) is 0 Å². The minimum atomic E-state index is -2.18. The lowest BCUT2D eigenvalue weighted by molar-refractivity contribution is 0.647. The number of hydrogen-bond donors (Lipinski definition) is 0. The molecule has 30 heavy (non-hydrogen) atoms. The van der Waals surface area contributed by atoms with Gasteiger partial charge in [0.2, 0.25) is 0 Å². The number of rotatable bonds is 7. The Labute approximate surface area is 180 Å². The number of benzene rings is 4. The summed E-state index contributed by atoms with van der Waals surface area (Å²) >= 11 is 0. The highest BCUT2D eigenvalue weighted by Gasteiger charge is 2.28. The van der Waals surface area contributed by atoms with E-state index in [-0.39, 0.29) is 6.04 Å². The van der Waals surface area contributed by atoms with E-state index < -0.39 is 7.05 Å². The third-order valence-electron chi connectivity index (χ3n) is 5.45. The van der Waals surface area contributed by atoms with Gasteiger partial charge >= 0.3 is 0 Å². The van der Waals surface area contributed by atoms with E-state index in [9.17, 15) is 0 Å². The van der Waals surface area contributed by atoms with Crippen molar-refractivity contribution in [3.8, 4) is 0 Å². The van der Waals surface area contributed by atoms with Crippen molar-refractivity contribution in [1.82, 2.24) is 0 Å². The van der Waals surface area contributed by atoms with Gasteiger partial charge in [0.15, 0.2) is 0 Å². The predicted molar refractivity (Wildman–Crippen MR) is 132 cm³/mol. The second-order valence-electron chi connectivity index (χ2n) is 7.47. The molecule has 1 atom stereocenters. The van der Waals surface area contributed by atoms with Crippen LogP contribution in [0.15, 0.2) is 126 Å². The first-order valence-corrected chi connectivity index (χ1v) is 12.4. The van der Waals surface area contributed by atoms with Crippen molar-refractivity contribution in [1.29, 1.82) is 0 Å². The van der Waals surface area contributed by atoms with Crippen molar-refractivity contribution in [2.75, 3.05) is 0 Å². The molecule has 0 N–H and O–H groups in total. The average molecular weight is 410 g/mol. The highest BCUT2D eigenvalue weighted by atomic mass is 31.2. The summed E-state index contributed by atoms with van der Waals surface area (Å²) in [6.45, 7) is 2.25. The maximum Gasteiger partial charge on any atom is 0.0745 e. The Balaban J connectivity index is 2.07. The van der Waals surface area contributed by atoms with Crippen molar-refractivity contribution in [3.63, 3.8) is 0 Å². The summed E-state index contributed by atoms with van der Waals surface area (Å²) in [6, 6.07) is 43.6. The van der Waals surface area contributed by atoms with Crippen LogP contribution < -0.4 is 15.9 Å². The first-order chi connectivity index (χ1) is 14.8. The maximum atomic E-state index is 5.79.